The highest BCUT2D eigenvalue weighted by Crippen LogP contribution is 2.43. The van der Waals surface area contributed by atoms with Gasteiger partial charge in [0.25, 0.3) is 0 Å². The Kier molecular flexibility index (Phi) is 35.2. The molecule has 0 fully saturated rings. The van der Waals surface area contributed by atoms with Crippen LogP contribution in [-0.2, 0) is 32.7 Å². The summed E-state index contributed by atoms with van der Waals surface area (Å²) < 4.78 is 32.6. The number of phosphoric ester groups is 1. The molecule has 0 radical (unpaired) electrons. The molecule has 0 aromatic rings. The zero-order valence-electron chi connectivity index (χ0n) is 31.4. The van der Waals surface area contributed by atoms with Crippen LogP contribution in [0.1, 0.15) is 181 Å². The first-order valence-electron chi connectivity index (χ1n) is 19.8. The molecular weight excluding hydrogens is 641 g/mol. The summed E-state index contributed by atoms with van der Waals surface area (Å²) in [6.07, 6.45) is 36.3. The van der Waals surface area contributed by atoms with Gasteiger partial charge in [0.05, 0.1) is 13.2 Å². The minimum Gasteiger partial charge on any atom is -0.462 e. The molecule has 1 unspecified atom stereocenters. The minimum absolute atomic E-state index is 0.0536. The minimum atomic E-state index is -4.37. The first-order chi connectivity index (χ1) is 23.8. The van der Waals surface area contributed by atoms with E-state index < -0.39 is 26.5 Å². The Balaban J connectivity index is 4.17. The second kappa shape index (κ2) is 36.3. The molecule has 0 spiro atoms. The van der Waals surface area contributed by atoms with Crippen molar-refractivity contribution in [2.24, 2.45) is 5.73 Å². The maximum Gasteiger partial charge on any atom is 0.472 e. The Morgan fingerprint density at radius 1 is 0.612 bits per heavy atom. The molecule has 0 aromatic heterocycles. The van der Waals surface area contributed by atoms with E-state index in [9.17, 15) is 19.0 Å². The van der Waals surface area contributed by atoms with Crippen LogP contribution in [0.2, 0.25) is 0 Å². The maximum atomic E-state index is 12.5. The quantitative estimate of drug-likeness (QED) is 0.0279. The molecule has 0 aliphatic rings. The molecule has 49 heavy (non-hydrogen) atoms. The van der Waals surface area contributed by atoms with Crippen molar-refractivity contribution in [2.75, 3.05) is 26.4 Å². The van der Waals surface area contributed by atoms with Gasteiger partial charge >= 0.3 is 19.8 Å². The summed E-state index contributed by atoms with van der Waals surface area (Å²) in [6.45, 7) is 3.69. The Labute approximate surface area is 300 Å². The number of unbranched alkanes of at least 4 members (excludes halogenated alkanes) is 20. The third-order valence-corrected chi connectivity index (χ3v) is 9.32. The van der Waals surface area contributed by atoms with Crippen LogP contribution in [0.15, 0.2) is 24.3 Å². The molecule has 0 aliphatic heterocycles. The standard InChI is InChI=1S/C39H74NO8P/c1-3-5-7-9-11-13-15-16-17-18-19-20-22-23-25-27-29-31-38(41)45-35-37(36-47-49(43,44)46-34-33-40)48-39(42)32-30-28-26-24-21-14-12-10-8-6-4-2/h11,13,16-17,37H,3-10,12,14-15,18-36,40H2,1-2H3,(H,43,44)/b13-11-,17-16-/t37-/m1/s1. The van der Waals surface area contributed by atoms with E-state index in [1.165, 1.54) is 96.3 Å². The molecule has 10 heteroatoms. The van der Waals surface area contributed by atoms with Crippen LogP contribution in [-0.4, -0.2) is 49.3 Å². The number of hydrogen-bond acceptors (Lipinski definition) is 8. The fraction of sp³-hybridized carbons (Fsp3) is 0.846. The lowest BCUT2D eigenvalue weighted by molar-refractivity contribution is -0.161. The van der Waals surface area contributed by atoms with Gasteiger partial charge in [-0.1, -0.05) is 147 Å². The van der Waals surface area contributed by atoms with E-state index in [1.54, 1.807) is 0 Å². The Bertz CT molecular complexity index is 866. The zero-order chi connectivity index (χ0) is 36.1. The largest absolute Gasteiger partial charge is 0.472 e. The summed E-state index contributed by atoms with van der Waals surface area (Å²) in [5.74, 6) is -0.835. The van der Waals surface area contributed by atoms with Gasteiger partial charge in [-0.3, -0.25) is 18.6 Å². The van der Waals surface area contributed by atoms with E-state index in [2.05, 4.69) is 38.2 Å². The lowest BCUT2D eigenvalue weighted by Gasteiger charge is -2.19. The van der Waals surface area contributed by atoms with Crippen molar-refractivity contribution in [3.8, 4) is 0 Å². The third kappa shape index (κ3) is 36.1. The van der Waals surface area contributed by atoms with Gasteiger partial charge < -0.3 is 20.1 Å². The molecule has 0 aromatic carbocycles. The molecule has 0 amide bonds. The summed E-state index contributed by atoms with van der Waals surface area (Å²) in [7, 11) is -4.37. The summed E-state index contributed by atoms with van der Waals surface area (Å²) in [6, 6.07) is 0. The fourth-order valence-electron chi connectivity index (χ4n) is 5.37. The molecule has 0 saturated heterocycles. The van der Waals surface area contributed by atoms with Crippen LogP contribution in [0.3, 0.4) is 0 Å². The van der Waals surface area contributed by atoms with Crippen LogP contribution >= 0.6 is 7.82 Å². The Hall–Kier alpha value is -1.51. The third-order valence-electron chi connectivity index (χ3n) is 8.34. The molecule has 9 nitrogen and oxygen atoms in total. The van der Waals surface area contributed by atoms with E-state index in [1.807, 2.05) is 0 Å². The number of rotatable bonds is 37. The first kappa shape index (κ1) is 47.5. The Morgan fingerprint density at radius 3 is 1.59 bits per heavy atom. The molecular formula is C39H74NO8P. The number of carbonyl (C=O) groups is 2. The van der Waals surface area contributed by atoms with Gasteiger partial charge in [0.15, 0.2) is 6.10 Å². The number of allylic oxidation sites excluding steroid dienone is 4. The van der Waals surface area contributed by atoms with Crippen LogP contribution in [0, 0.1) is 0 Å². The SMILES string of the molecule is CCCCC/C=C\C/C=C\CCCCCCCCCC(=O)OC[C@H](COP(=O)(O)OCCN)OC(=O)CCCCCCCCCCCCC. The summed E-state index contributed by atoms with van der Waals surface area (Å²) in [4.78, 5) is 34.7. The fourth-order valence-corrected chi connectivity index (χ4v) is 6.13. The van der Waals surface area contributed by atoms with Crippen molar-refractivity contribution in [3.05, 3.63) is 24.3 Å². The van der Waals surface area contributed by atoms with E-state index in [0.717, 1.165) is 51.4 Å². The molecule has 288 valence electrons. The van der Waals surface area contributed by atoms with Gasteiger partial charge in [-0.05, 0) is 44.9 Å². The van der Waals surface area contributed by atoms with Crippen molar-refractivity contribution in [1.29, 1.82) is 0 Å². The van der Waals surface area contributed by atoms with Crippen LogP contribution in [0.4, 0.5) is 0 Å². The predicted octanol–water partition coefficient (Wildman–Crippen LogP) is 10.8. The van der Waals surface area contributed by atoms with Gasteiger partial charge in [0.2, 0.25) is 0 Å². The second-order valence-electron chi connectivity index (χ2n) is 13.2. The van der Waals surface area contributed by atoms with Gasteiger partial charge in [0.1, 0.15) is 6.61 Å². The molecule has 2 atom stereocenters. The number of phosphoric acid groups is 1. The number of esters is 2. The van der Waals surface area contributed by atoms with Gasteiger partial charge in [-0.25, -0.2) is 4.57 Å². The van der Waals surface area contributed by atoms with E-state index in [-0.39, 0.29) is 38.6 Å². The highest BCUT2D eigenvalue weighted by molar-refractivity contribution is 7.47. The average molecular weight is 716 g/mol. The smallest absolute Gasteiger partial charge is 0.462 e. The zero-order valence-corrected chi connectivity index (χ0v) is 32.3. The normalized spacial score (nSPS) is 13.6. The monoisotopic (exact) mass is 716 g/mol. The first-order valence-corrected chi connectivity index (χ1v) is 21.3. The van der Waals surface area contributed by atoms with Crippen LogP contribution < -0.4 is 5.73 Å². The number of ether oxygens (including phenoxy) is 2. The van der Waals surface area contributed by atoms with Crippen molar-refractivity contribution < 1.29 is 37.6 Å². The topological polar surface area (TPSA) is 134 Å². The summed E-state index contributed by atoms with van der Waals surface area (Å²) in [5.41, 5.74) is 5.33. The van der Waals surface area contributed by atoms with Gasteiger partial charge in [0, 0.05) is 19.4 Å². The molecule has 3 N–H and O–H groups in total. The molecule has 0 aliphatic carbocycles. The number of carbonyl (C=O) groups excluding carboxylic acids is 2. The second-order valence-corrected chi connectivity index (χ2v) is 14.6. The van der Waals surface area contributed by atoms with E-state index >= 15 is 0 Å². The van der Waals surface area contributed by atoms with E-state index in [4.69, 9.17) is 24.3 Å². The van der Waals surface area contributed by atoms with Gasteiger partial charge in [-0.2, -0.15) is 0 Å². The van der Waals surface area contributed by atoms with Gasteiger partial charge in [-0.15, -0.1) is 0 Å². The van der Waals surface area contributed by atoms with Crippen molar-refractivity contribution in [2.45, 2.75) is 187 Å². The lowest BCUT2D eigenvalue weighted by atomic mass is 10.1. The molecule has 0 heterocycles. The maximum absolute atomic E-state index is 12.5. The van der Waals surface area contributed by atoms with E-state index in [0.29, 0.717) is 6.42 Å². The van der Waals surface area contributed by atoms with Crippen LogP contribution in [0.25, 0.3) is 0 Å². The summed E-state index contributed by atoms with van der Waals surface area (Å²) in [5, 5.41) is 0. The molecule has 0 rings (SSSR count). The van der Waals surface area contributed by atoms with Crippen molar-refractivity contribution in [3.63, 3.8) is 0 Å². The molecule has 0 bridgehead atoms. The predicted molar refractivity (Wildman–Crippen MR) is 201 cm³/mol. The highest BCUT2D eigenvalue weighted by Gasteiger charge is 2.25. The Morgan fingerprint density at radius 2 is 1.06 bits per heavy atom. The van der Waals surface area contributed by atoms with Crippen molar-refractivity contribution >= 4 is 19.8 Å². The number of hydrogen-bond donors (Lipinski definition) is 2. The highest BCUT2D eigenvalue weighted by atomic mass is 31.2. The summed E-state index contributed by atoms with van der Waals surface area (Å²) >= 11 is 0. The van der Waals surface area contributed by atoms with Crippen LogP contribution in [0.5, 0.6) is 0 Å². The molecule has 0 saturated carbocycles. The number of nitrogens with two attached hydrogens (primary N) is 1. The lowest BCUT2D eigenvalue weighted by Crippen LogP contribution is -2.29. The van der Waals surface area contributed by atoms with Crippen molar-refractivity contribution in [1.82, 2.24) is 0 Å². The average Bonchev–Trinajstić information content (AvgIpc) is 3.08.